The van der Waals surface area contributed by atoms with Gasteiger partial charge in [0.1, 0.15) is 0 Å². The van der Waals surface area contributed by atoms with Crippen molar-refractivity contribution in [2.45, 2.75) is 78.1 Å². The summed E-state index contributed by atoms with van der Waals surface area (Å²) in [6.07, 6.45) is 15.4. The van der Waals surface area contributed by atoms with E-state index in [-0.39, 0.29) is 42.1 Å². The van der Waals surface area contributed by atoms with Crippen molar-refractivity contribution < 1.29 is 46.7 Å². The molecule has 6 heteroatoms. The minimum absolute atomic E-state index is 0. The van der Waals surface area contributed by atoms with E-state index < -0.39 is 10.4 Å². The summed E-state index contributed by atoms with van der Waals surface area (Å²) >= 11 is 0. The molecule has 0 heterocycles. The Hall–Kier alpha value is 0.610. The maximum absolute atomic E-state index is 10.6. The fourth-order valence-corrected chi connectivity index (χ4v) is 2.56. The number of unbranched alkanes of at least 4 members (excludes halogenated alkanes) is 7. The summed E-state index contributed by atoms with van der Waals surface area (Å²) in [6, 6.07) is 0. The molecule has 22 heavy (non-hydrogen) atoms. The Balaban J connectivity index is 0. The van der Waals surface area contributed by atoms with E-state index in [4.69, 9.17) is 0 Å². The Kier molecular flexibility index (Phi) is 18.6. The van der Waals surface area contributed by atoms with Gasteiger partial charge in [0.05, 0.1) is 6.61 Å². The zero-order valence-electron chi connectivity index (χ0n) is 14.6. The molecule has 0 spiro atoms. The molecule has 0 aromatic rings. The van der Waals surface area contributed by atoms with Crippen LogP contribution in [0.5, 0.6) is 0 Å². The summed E-state index contributed by atoms with van der Waals surface area (Å²) in [7, 11) is -4.58. The second kappa shape index (κ2) is 16.5. The van der Waals surface area contributed by atoms with Gasteiger partial charge in [0.15, 0.2) is 0 Å². The minimum Gasteiger partial charge on any atom is -0.726 e. The van der Waals surface area contributed by atoms with Crippen molar-refractivity contribution in [2.75, 3.05) is 6.61 Å². The van der Waals surface area contributed by atoms with Gasteiger partial charge >= 0.3 is 29.6 Å². The molecule has 1 unspecified atom stereocenters. The molecule has 0 aliphatic carbocycles. The molecule has 0 saturated carbocycles. The molecule has 0 aliphatic heterocycles. The summed E-state index contributed by atoms with van der Waals surface area (Å²) in [5.74, 6) is 0.0248. The smallest absolute Gasteiger partial charge is 0.726 e. The van der Waals surface area contributed by atoms with Crippen molar-refractivity contribution in [1.29, 1.82) is 0 Å². The summed E-state index contributed by atoms with van der Waals surface area (Å²) in [5.41, 5.74) is 0. The quantitative estimate of drug-likeness (QED) is 0.158. The maximum atomic E-state index is 10.6. The molecule has 0 N–H and O–H groups in total. The molecule has 0 saturated heterocycles. The van der Waals surface area contributed by atoms with Crippen LogP contribution in [0.1, 0.15) is 78.1 Å². The first-order valence-electron chi connectivity index (χ1n) is 8.26. The molecule has 0 amide bonds. The molecule has 126 valence electrons. The Morgan fingerprint density at radius 1 is 1.00 bits per heavy atom. The van der Waals surface area contributed by atoms with E-state index in [1.807, 2.05) is 6.08 Å². The molecule has 0 radical (unpaired) electrons. The first-order chi connectivity index (χ1) is 9.99. The van der Waals surface area contributed by atoms with Gasteiger partial charge in [-0.25, -0.2) is 8.42 Å². The zero-order chi connectivity index (χ0) is 16.0. The van der Waals surface area contributed by atoms with Crippen molar-refractivity contribution in [3.8, 4) is 0 Å². The van der Waals surface area contributed by atoms with Crippen molar-refractivity contribution in [3.05, 3.63) is 12.2 Å². The van der Waals surface area contributed by atoms with Crippen molar-refractivity contribution in [2.24, 2.45) is 5.92 Å². The van der Waals surface area contributed by atoms with Gasteiger partial charge in [-0.3, -0.25) is 4.18 Å². The zero-order valence-corrected chi connectivity index (χ0v) is 17.4. The third-order valence-corrected chi connectivity index (χ3v) is 3.91. The molecule has 4 nitrogen and oxygen atoms in total. The molecule has 1 atom stereocenters. The van der Waals surface area contributed by atoms with Crippen LogP contribution < -0.4 is 29.6 Å². The van der Waals surface area contributed by atoms with Gasteiger partial charge in [-0.2, -0.15) is 0 Å². The van der Waals surface area contributed by atoms with E-state index in [0.717, 1.165) is 32.1 Å². The Morgan fingerprint density at radius 3 is 2.14 bits per heavy atom. The monoisotopic (exact) mass is 342 g/mol. The van der Waals surface area contributed by atoms with Crippen LogP contribution in [-0.4, -0.2) is 19.6 Å². The SMILES string of the molecule is CCCCCC/C=C/C(CCCCCC)COS(=O)(=O)[O-].[Na+]. The predicted molar refractivity (Wildman–Crippen MR) is 85.8 cm³/mol. The van der Waals surface area contributed by atoms with Crippen LogP contribution in [0.2, 0.25) is 0 Å². The molecule has 0 aromatic carbocycles. The van der Waals surface area contributed by atoms with Gasteiger partial charge in [0, 0.05) is 5.92 Å². The first-order valence-corrected chi connectivity index (χ1v) is 9.59. The number of rotatable bonds is 14. The Bertz CT molecular complexity index is 355. The van der Waals surface area contributed by atoms with Gasteiger partial charge < -0.3 is 4.55 Å². The average Bonchev–Trinajstić information content (AvgIpc) is 2.42. The number of hydrogen-bond donors (Lipinski definition) is 0. The van der Waals surface area contributed by atoms with Gasteiger partial charge in [-0.05, 0) is 19.3 Å². The van der Waals surface area contributed by atoms with Crippen LogP contribution >= 0.6 is 0 Å². The Morgan fingerprint density at radius 2 is 1.59 bits per heavy atom. The van der Waals surface area contributed by atoms with Gasteiger partial charge in [-0.1, -0.05) is 70.9 Å². The molecule has 0 bridgehead atoms. The third-order valence-electron chi connectivity index (χ3n) is 3.49. The van der Waals surface area contributed by atoms with E-state index >= 15 is 0 Å². The van der Waals surface area contributed by atoms with Gasteiger partial charge in [-0.15, -0.1) is 0 Å². The molecule has 0 aromatic heterocycles. The van der Waals surface area contributed by atoms with Crippen LogP contribution in [0.25, 0.3) is 0 Å². The van der Waals surface area contributed by atoms with E-state index in [2.05, 4.69) is 24.1 Å². The van der Waals surface area contributed by atoms with Crippen LogP contribution in [0, 0.1) is 5.92 Å². The summed E-state index contributed by atoms with van der Waals surface area (Å²) < 4.78 is 36.1. The fraction of sp³-hybridized carbons (Fsp3) is 0.875. The number of hydrogen-bond acceptors (Lipinski definition) is 4. The van der Waals surface area contributed by atoms with Gasteiger partial charge in [0.25, 0.3) is 0 Å². The van der Waals surface area contributed by atoms with E-state index in [0.29, 0.717) is 0 Å². The second-order valence-electron chi connectivity index (χ2n) is 5.58. The maximum Gasteiger partial charge on any atom is 1.00 e. The molecule has 0 fully saturated rings. The summed E-state index contributed by atoms with van der Waals surface area (Å²) in [5, 5.41) is 0. The average molecular weight is 342 g/mol. The van der Waals surface area contributed by atoms with Crippen molar-refractivity contribution in [3.63, 3.8) is 0 Å². The summed E-state index contributed by atoms with van der Waals surface area (Å²) in [4.78, 5) is 0. The van der Waals surface area contributed by atoms with E-state index in [1.165, 1.54) is 32.1 Å². The van der Waals surface area contributed by atoms with Crippen LogP contribution in [0.4, 0.5) is 0 Å². The fourth-order valence-electron chi connectivity index (χ4n) is 2.22. The standard InChI is InChI=1S/C16H32O4S.Na/c1-3-5-7-9-10-12-14-16(13-11-8-6-4-2)15-20-21(17,18)19;/h12,14,16H,3-11,13,15H2,1-2H3,(H,17,18,19);/q;+1/p-1/b14-12+;. The molecular weight excluding hydrogens is 311 g/mol. The van der Waals surface area contributed by atoms with E-state index in [9.17, 15) is 13.0 Å². The largest absolute Gasteiger partial charge is 1.00 e. The van der Waals surface area contributed by atoms with Crippen LogP contribution in [-0.2, 0) is 14.6 Å². The van der Waals surface area contributed by atoms with Crippen molar-refractivity contribution >= 4 is 10.4 Å². The van der Waals surface area contributed by atoms with Gasteiger partial charge in [0.2, 0.25) is 10.4 Å². The predicted octanol–water partition coefficient (Wildman–Crippen LogP) is 1.58. The number of allylic oxidation sites excluding steroid dienone is 1. The van der Waals surface area contributed by atoms with Crippen molar-refractivity contribution in [1.82, 2.24) is 0 Å². The third kappa shape index (κ3) is 18.7. The Labute approximate surface area is 159 Å². The molecule has 0 rings (SSSR count). The molecule has 0 aliphatic rings. The molecular formula is C16H31NaO4S. The normalized spacial score (nSPS) is 13.2. The summed E-state index contributed by atoms with van der Waals surface area (Å²) in [6.45, 7) is 4.31. The van der Waals surface area contributed by atoms with Crippen LogP contribution in [0.3, 0.4) is 0 Å². The topological polar surface area (TPSA) is 66.4 Å². The van der Waals surface area contributed by atoms with E-state index in [1.54, 1.807) is 0 Å². The van der Waals surface area contributed by atoms with Crippen LogP contribution in [0.15, 0.2) is 12.2 Å². The second-order valence-corrected chi connectivity index (χ2v) is 6.63. The minimum atomic E-state index is -4.58. The first kappa shape index (κ1) is 24.9.